The highest BCUT2D eigenvalue weighted by Gasteiger charge is 2.34. The topological polar surface area (TPSA) is 166 Å². The van der Waals surface area contributed by atoms with Crippen LogP contribution >= 0.6 is 22.6 Å². The van der Waals surface area contributed by atoms with Gasteiger partial charge in [-0.2, -0.15) is 8.61 Å². The molecule has 0 amide bonds. The Morgan fingerprint density at radius 1 is 0.571 bits per heavy atom. The average Bonchev–Trinajstić information content (AvgIpc) is 3.66. The smallest absolute Gasteiger partial charge is 0.344 e. The highest BCUT2D eigenvalue weighted by molar-refractivity contribution is 14.1. The molecule has 0 fully saturated rings. The van der Waals surface area contributed by atoms with E-state index in [1.165, 1.54) is 8.61 Å². The maximum absolute atomic E-state index is 13.7. The van der Waals surface area contributed by atoms with Gasteiger partial charge >= 0.3 is 11.9 Å². The van der Waals surface area contributed by atoms with E-state index in [0.717, 1.165) is 81.9 Å². The molecule has 7 rings (SSSR count). The lowest BCUT2D eigenvalue weighted by Crippen LogP contribution is -2.31. The SMILES string of the molecule is CN(C1CCCCc2c(OCC(=O)OC(C)(C)C)cccc21)S(=O)(=O)c1ccc(-c2ccc(O)cc2)cc1.CN(C1CCCCc2c(OCC(=O)OC(C)(C)C)cccc21)S(=O)(=O)c1ccc(I)cc1. The number of phenolic OH excluding ortho intramolecular Hbond substituents is 1. The first kappa shape index (κ1) is 54.3. The number of phenols is 1. The van der Waals surface area contributed by atoms with E-state index in [4.69, 9.17) is 18.9 Å². The Balaban J connectivity index is 0.000000233. The van der Waals surface area contributed by atoms with Crippen LogP contribution in [0, 0.1) is 3.57 Å². The lowest BCUT2D eigenvalue weighted by atomic mass is 9.98. The van der Waals surface area contributed by atoms with Gasteiger partial charge in [0.25, 0.3) is 0 Å². The number of ether oxygens (including phenoxy) is 4. The number of benzene rings is 5. The van der Waals surface area contributed by atoms with Crippen molar-refractivity contribution in [3.8, 4) is 28.4 Å². The van der Waals surface area contributed by atoms with Gasteiger partial charge in [-0.25, -0.2) is 26.4 Å². The number of rotatable bonds is 13. The number of esters is 2. The minimum atomic E-state index is -3.78. The van der Waals surface area contributed by atoms with Crippen molar-refractivity contribution in [1.29, 1.82) is 0 Å². The molecule has 1 N–H and O–H groups in total. The van der Waals surface area contributed by atoms with Gasteiger partial charge in [-0.05, 0) is 197 Å². The zero-order valence-electron chi connectivity index (χ0n) is 41.2. The molecule has 0 heterocycles. The molecule has 0 saturated carbocycles. The summed E-state index contributed by atoms with van der Waals surface area (Å²) in [5, 5.41) is 9.53. The van der Waals surface area contributed by atoms with Crippen molar-refractivity contribution in [3.05, 3.63) is 135 Å². The number of carbonyl (C=O) groups excluding carboxylic acids is 2. The highest BCUT2D eigenvalue weighted by atomic mass is 127. The third-order valence-electron chi connectivity index (χ3n) is 12.0. The quantitative estimate of drug-likeness (QED) is 0.0677. The minimum absolute atomic E-state index is 0.177. The van der Waals surface area contributed by atoms with Crippen molar-refractivity contribution in [2.75, 3.05) is 27.3 Å². The third-order valence-corrected chi connectivity index (χ3v) is 16.5. The van der Waals surface area contributed by atoms with E-state index < -0.39 is 43.2 Å². The van der Waals surface area contributed by atoms with Crippen LogP contribution in [0.4, 0.5) is 0 Å². The second-order valence-corrected chi connectivity index (χ2v) is 24.7. The Labute approximate surface area is 427 Å². The van der Waals surface area contributed by atoms with Gasteiger partial charge in [0.2, 0.25) is 20.0 Å². The second kappa shape index (κ2) is 23.0. The lowest BCUT2D eigenvalue weighted by molar-refractivity contribution is -0.158. The van der Waals surface area contributed by atoms with Crippen LogP contribution in [0.25, 0.3) is 11.1 Å². The first-order chi connectivity index (χ1) is 32.9. The van der Waals surface area contributed by atoms with Gasteiger partial charge in [0.15, 0.2) is 13.2 Å². The predicted octanol–water partition coefficient (Wildman–Crippen LogP) is 11.0. The molecule has 0 saturated heterocycles. The summed E-state index contributed by atoms with van der Waals surface area (Å²) in [5.41, 5.74) is 4.29. The van der Waals surface area contributed by atoms with Crippen LogP contribution < -0.4 is 9.47 Å². The van der Waals surface area contributed by atoms with Gasteiger partial charge in [-0.15, -0.1) is 0 Å². The monoisotopic (exact) mass is 1110 g/mol. The van der Waals surface area contributed by atoms with Gasteiger partial charge in [0, 0.05) is 17.7 Å². The maximum Gasteiger partial charge on any atom is 0.344 e. The van der Waals surface area contributed by atoms with E-state index in [9.17, 15) is 31.5 Å². The first-order valence-corrected chi connectivity index (χ1v) is 27.4. The van der Waals surface area contributed by atoms with Crippen LogP contribution in [-0.4, -0.2) is 81.0 Å². The highest BCUT2D eigenvalue weighted by Crippen LogP contribution is 2.41. The predicted molar refractivity (Wildman–Crippen MR) is 279 cm³/mol. The van der Waals surface area contributed by atoms with Crippen LogP contribution in [0.5, 0.6) is 17.2 Å². The zero-order valence-corrected chi connectivity index (χ0v) is 45.0. The van der Waals surface area contributed by atoms with Crippen molar-refractivity contribution in [2.24, 2.45) is 0 Å². The number of hydrogen-bond donors (Lipinski definition) is 1. The number of aromatic hydroxyl groups is 1. The number of halogens is 1. The molecule has 2 aliphatic carbocycles. The molecular weight excluding hydrogens is 1040 g/mol. The van der Waals surface area contributed by atoms with E-state index >= 15 is 0 Å². The summed E-state index contributed by atoms with van der Waals surface area (Å²) in [5.74, 6) is 0.496. The fourth-order valence-electron chi connectivity index (χ4n) is 8.70. The Morgan fingerprint density at radius 2 is 0.943 bits per heavy atom. The van der Waals surface area contributed by atoms with Crippen LogP contribution in [0.1, 0.15) is 114 Å². The maximum atomic E-state index is 13.7. The van der Waals surface area contributed by atoms with E-state index in [0.29, 0.717) is 17.9 Å². The van der Waals surface area contributed by atoms with Gasteiger partial charge in [0.1, 0.15) is 28.5 Å². The summed E-state index contributed by atoms with van der Waals surface area (Å²) in [6.07, 6.45) is 6.51. The van der Waals surface area contributed by atoms with Gasteiger partial charge in [-0.1, -0.05) is 61.4 Å². The molecule has 0 aromatic heterocycles. The van der Waals surface area contributed by atoms with E-state index in [2.05, 4.69) is 22.6 Å². The molecular formula is C54H65IN2O11S2. The van der Waals surface area contributed by atoms with Crippen LogP contribution in [-0.2, 0) is 52.0 Å². The summed E-state index contributed by atoms with van der Waals surface area (Å²) in [4.78, 5) is 24.8. The summed E-state index contributed by atoms with van der Waals surface area (Å²) in [7, 11) is -4.18. The number of nitrogens with zero attached hydrogens (tertiary/aromatic N) is 2. The largest absolute Gasteiger partial charge is 0.508 e. The van der Waals surface area contributed by atoms with E-state index in [1.807, 2.05) is 57.2 Å². The molecule has 2 aliphatic rings. The number of sulfonamides is 2. The Bertz CT molecular complexity index is 2820. The van der Waals surface area contributed by atoms with Crippen molar-refractivity contribution < 1.29 is 50.5 Å². The molecule has 13 nitrogen and oxygen atoms in total. The molecule has 70 heavy (non-hydrogen) atoms. The Morgan fingerprint density at radius 3 is 1.33 bits per heavy atom. The summed E-state index contributed by atoms with van der Waals surface area (Å²) >= 11 is 2.16. The van der Waals surface area contributed by atoms with Crippen molar-refractivity contribution in [2.45, 2.75) is 126 Å². The van der Waals surface area contributed by atoms with Crippen molar-refractivity contribution in [3.63, 3.8) is 0 Å². The molecule has 0 bridgehead atoms. The standard InChI is InChI=1S/C30H35NO6S.C24H30INO5S/c1-30(2,3)37-29(33)20-36-28-11-7-9-25-26(28)8-5-6-10-27(25)31(4)38(34,35)24-18-14-22(15-19-24)21-12-16-23(32)17-13-21;1-24(2,3)31-23(27)16-30-22-11-7-9-19-20(22)8-5-6-10-21(19)26(4)32(28,29)18-14-12-17(25)13-15-18/h7,9,11-19,27,32H,5-6,8,10,20H2,1-4H3;7,9,11-15,21H,5-6,8,10,16H2,1-4H3. The number of hydrogen-bond acceptors (Lipinski definition) is 11. The normalized spacial score (nSPS) is 16.4. The molecule has 376 valence electrons. The van der Waals surface area contributed by atoms with Gasteiger partial charge in [-0.3, -0.25) is 0 Å². The molecule has 2 unspecified atom stereocenters. The molecule has 16 heteroatoms. The minimum Gasteiger partial charge on any atom is -0.508 e. The van der Waals surface area contributed by atoms with Crippen LogP contribution in [0.3, 0.4) is 0 Å². The van der Waals surface area contributed by atoms with Crippen molar-refractivity contribution in [1.82, 2.24) is 8.61 Å². The summed E-state index contributed by atoms with van der Waals surface area (Å²) in [6, 6.07) is 31.0. The lowest BCUT2D eigenvalue weighted by Gasteiger charge is -2.29. The average molecular weight is 1110 g/mol. The summed E-state index contributed by atoms with van der Waals surface area (Å²) in [6.45, 7) is 10.5. The zero-order chi connectivity index (χ0) is 51.0. The third kappa shape index (κ3) is 14.1. The fraction of sp³-hybridized carbons (Fsp3) is 0.407. The Hall–Kier alpha value is -5.01. The number of fused-ring (bicyclic) bond motifs is 2. The molecule has 5 aromatic carbocycles. The van der Waals surface area contributed by atoms with Gasteiger partial charge < -0.3 is 24.1 Å². The van der Waals surface area contributed by atoms with Crippen LogP contribution in [0.2, 0.25) is 0 Å². The second-order valence-electron chi connectivity index (χ2n) is 19.5. The summed E-state index contributed by atoms with van der Waals surface area (Å²) < 4.78 is 80.3. The van der Waals surface area contributed by atoms with Crippen molar-refractivity contribution >= 4 is 54.6 Å². The van der Waals surface area contributed by atoms with Crippen LogP contribution in [0.15, 0.2) is 119 Å². The first-order valence-electron chi connectivity index (χ1n) is 23.5. The van der Waals surface area contributed by atoms with E-state index in [-0.39, 0.29) is 40.8 Å². The number of carbonyl (C=O) groups is 2. The van der Waals surface area contributed by atoms with E-state index in [1.54, 1.807) is 108 Å². The van der Waals surface area contributed by atoms with Gasteiger partial charge in [0.05, 0.1) is 21.9 Å². The Kier molecular flexibility index (Phi) is 17.9. The molecule has 2 atom stereocenters. The molecule has 5 aromatic rings. The fourth-order valence-corrected chi connectivity index (χ4v) is 11.8. The molecule has 0 spiro atoms. The molecule has 0 aliphatic heterocycles. The molecule has 0 radical (unpaired) electrons.